The van der Waals surface area contributed by atoms with E-state index in [9.17, 15) is 13.6 Å². The predicted octanol–water partition coefficient (Wildman–Crippen LogP) is 3.30. The van der Waals surface area contributed by atoms with Crippen molar-refractivity contribution in [1.29, 1.82) is 0 Å². The van der Waals surface area contributed by atoms with Crippen molar-refractivity contribution in [1.82, 2.24) is 15.5 Å². The zero-order valence-corrected chi connectivity index (χ0v) is 13.7. The molecule has 132 valence electrons. The third-order valence-electron chi connectivity index (χ3n) is 3.68. The van der Waals surface area contributed by atoms with Crippen molar-refractivity contribution in [2.24, 2.45) is 0 Å². The molecular formula is C19H16F2N4O. The first-order chi connectivity index (χ1) is 12.6. The molecule has 0 atom stereocenters. The average molecular weight is 354 g/mol. The van der Waals surface area contributed by atoms with Gasteiger partial charge in [0.1, 0.15) is 17.5 Å². The van der Waals surface area contributed by atoms with Gasteiger partial charge in [0.25, 0.3) is 5.91 Å². The summed E-state index contributed by atoms with van der Waals surface area (Å²) in [6.45, 7) is 0.519. The number of nitrogens with one attached hydrogen (secondary N) is 2. The first-order valence-electron chi connectivity index (χ1n) is 7.95. The standard InChI is InChI=1S/C19H16F2N4O/c20-15-7-5-13(6-8-15)11-22-18-10-9-17(24-25-18)19(26)23-12-14-3-1-2-4-16(14)21/h1-10H,11-12H2,(H,22,25)(H,23,26). The number of halogens is 2. The van der Waals surface area contributed by atoms with E-state index in [0.29, 0.717) is 17.9 Å². The second kappa shape index (κ2) is 8.15. The highest BCUT2D eigenvalue weighted by Gasteiger charge is 2.09. The lowest BCUT2D eigenvalue weighted by atomic mass is 10.2. The molecule has 0 aliphatic heterocycles. The zero-order valence-electron chi connectivity index (χ0n) is 13.7. The third-order valence-corrected chi connectivity index (χ3v) is 3.68. The Balaban J connectivity index is 1.54. The molecule has 0 unspecified atom stereocenters. The number of rotatable bonds is 6. The Morgan fingerprint density at radius 2 is 1.65 bits per heavy atom. The van der Waals surface area contributed by atoms with Crippen LogP contribution in [-0.2, 0) is 13.1 Å². The molecule has 0 radical (unpaired) electrons. The molecule has 2 N–H and O–H groups in total. The number of carbonyl (C=O) groups is 1. The number of nitrogens with zero attached hydrogens (tertiary/aromatic N) is 2. The highest BCUT2D eigenvalue weighted by Crippen LogP contribution is 2.08. The van der Waals surface area contributed by atoms with Gasteiger partial charge in [0.15, 0.2) is 5.69 Å². The van der Waals surface area contributed by atoms with Gasteiger partial charge in [-0.05, 0) is 35.9 Å². The van der Waals surface area contributed by atoms with Crippen LogP contribution >= 0.6 is 0 Å². The van der Waals surface area contributed by atoms with Gasteiger partial charge in [0.05, 0.1) is 0 Å². The molecular weight excluding hydrogens is 338 g/mol. The maximum atomic E-state index is 13.5. The summed E-state index contributed by atoms with van der Waals surface area (Å²) < 4.78 is 26.4. The molecule has 0 saturated carbocycles. The van der Waals surface area contributed by atoms with Gasteiger partial charge < -0.3 is 10.6 Å². The van der Waals surface area contributed by atoms with Crippen LogP contribution in [0.1, 0.15) is 21.6 Å². The number of anilines is 1. The van der Waals surface area contributed by atoms with E-state index in [2.05, 4.69) is 20.8 Å². The van der Waals surface area contributed by atoms with Gasteiger partial charge in [-0.25, -0.2) is 8.78 Å². The van der Waals surface area contributed by atoms with E-state index in [1.54, 1.807) is 36.4 Å². The first-order valence-corrected chi connectivity index (χ1v) is 7.95. The summed E-state index contributed by atoms with van der Waals surface area (Å²) in [6, 6.07) is 15.5. The number of hydrogen-bond acceptors (Lipinski definition) is 4. The smallest absolute Gasteiger partial charge is 0.272 e. The maximum absolute atomic E-state index is 13.5. The molecule has 26 heavy (non-hydrogen) atoms. The second-order valence-electron chi connectivity index (χ2n) is 5.56. The van der Waals surface area contributed by atoms with Crippen molar-refractivity contribution >= 4 is 11.7 Å². The lowest BCUT2D eigenvalue weighted by Gasteiger charge is -2.07. The number of amides is 1. The molecule has 5 nitrogen and oxygen atoms in total. The second-order valence-corrected chi connectivity index (χ2v) is 5.56. The van der Waals surface area contributed by atoms with Crippen LogP contribution in [0, 0.1) is 11.6 Å². The SMILES string of the molecule is O=C(NCc1ccccc1F)c1ccc(NCc2ccc(F)cc2)nn1. The van der Waals surface area contributed by atoms with Crippen LogP contribution in [0.2, 0.25) is 0 Å². The van der Waals surface area contributed by atoms with Gasteiger partial charge in [-0.2, -0.15) is 0 Å². The summed E-state index contributed by atoms with van der Waals surface area (Å²) in [7, 11) is 0. The number of aromatic nitrogens is 2. The fraction of sp³-hybridized carbons (Fsp3) is 0.105. The van der Waals surface area contributed by atoms with Crippen molar-refractivity contribution < 1.29 is 13.6 Å². The Kier molecular flexibility index (Phi) is 5.48. The molecule has 0 fully saturated rings. The molecule has 0 aliphatic carbocycles. The third kappa shape index (κ3) is 4.60. The molecule has 7 heteroatoms. The van der Waals surface area contributed by atoms with E-state index in [-0.39, 0.29) is 23.9 Å². The van der Waals surface area contributed by atoms with Gasteiger partial charge >= 0.3 is 0 Å². The van der Waals surface area contributed by atoms with E-state index in [0.717, 1.165) is 5.56 Å². The largest absolute Gasteiger partial charge is 0.365 e. The number of carbonyl (C=O) groups excluding carboxylic acids is 1. The van der Waals surface area contributed by atoms with Crippen molar-refractivity contribution in [3.05, 3.63) is 89.1 Å². The minimum absolute atomic E-state index is 0.0672. The minimum atomic E-state index is -0.439. The van der Waals surface area contributed by atoms with E-state index in [4.69, 9.17) is 0 Å². The first kappa shape index (κ1) is 17.5. The molecule has 0 spiro atoms. The summed E-state index contributed by atoms with van der Waals surface area (Å²) in [5.41, 5.74) is 1.42. The molecule has 0 aliphatic rings. The summed E-state index contributed by atoms with van der Waals surface area (Å²) in [6.07, 6.45) is 0. The van der Waals surface area contributed by atoms with Crippen LogP contribution in [0.25, 0.3) is 0 Å². The van der Waals surface area contributed by atoms with E-state index >= 15 is 0 Å². The summed E-state index contributed by atoms with van der Waals surface area (Å²) >= 11 is 0. The van der Waals surface area contributed by atoms with Crippen molar-refractivity contribution in [3.8, 4) is 0 Å². The van der Waals surface area contributed by atoms with Crippen LogP contribution in [0.3, 0.4) is 0 Å². The highest BCUT2D eigenvalue weighted by atomic mass is 19.1. The lowest BCUT2D eigenvalue weighted by molar-refractivity contribution is 0.0944. The summed E-state index contributed by atoms with van der Waals surface area (Å²) in [5, 5.41) is 13.4. The van der Waals surface area contributed by atoms with Crippen molar-refractivity contribution in [3.63, 3.8) is 0 Å². The Bertz CT molecular complexity index is 883. The number of benzene rings is 2. The molecule has 3 rings (SSSR count). The van der Waals surface area contributed by atoms with Crippen LogP contribution in [0.4, 0.5) is 14.6 Å². The Hall–Kier alpha value is -3.35. The topological polar surface area (TPSA) is 66.9 Å². The zero-order chi connectivity index (χ0) is 18.4. The van der Waals surface area contributed by atoms with Crippen LogP contribution in [-0.4, -0.2) is 16.1 Å². The predicted molar refractivity (Wildman–Crippen MR) is 93.3 cm³/mol. The van der Waals surface area contributed by atoms with Gasteiger partial charge in [0, 0.05) is 18.7 Å². The Morgan fingerprint density at radius 3 is 2.35 bits per heavy atom. The van der Waals surface area contributed by atoms with Crippen LogP contribution < -0.4 is 10.6 Å². The van der Waals surface area contributed by atoms with Crippen molar-refractivity contribution in [2.75, 3.05) is 5.32 Å². The monoisotopic (exact) mass is 354 g/mol. The molecule has 0 bridgehead atoms. The quantitative estimate of drug-likeness (QED) is 0.713. The van der Waals surface area contributed by atoms with Gasteiger partial charge in [-0.3, -0.25) is 4.79 Å². The molecule has 3 aromatic rings. The van der Waals surface area contributed by atoms with Gasteiger partial charge in [0.2, 0.25) is 0 Å². The summed E-state index contributed by atoms with van der Waals surface area (Å²) in [5.74, 6) is -0.621. The van der Waals surface area contributed by atoms with Gasteiger partial charge in [-0.15, -0.1) is 10.2 Å². The van der Waals surface area contributed by atoms with E-state index in [1.165, 1.54) is 24.3 Å². The molecule has 0 saturated heterocycles. The lowest BCUT2D eigenvalue weighted by Crippen LogP contribution is -2.24. The average Bonchev–Trinajstić information content (AvgIpc) is 2.67. The Labute approximate surface area is 149 Å². The fourth-order valence-corrected chi connectivity index (χ4v) is 2.25. The molecule has 1 heterocycles. The Morgan fingerprint density at radius 1 is 0.885 bits per heavy atom. The summed E-state index contributed by atoms with van der Waals surface area (Å²) in [4.78, 5) is 12.1. The van der Waals surface area contributed by atoms with Crippen molar-refractivity contribution in [2.45, 2.75) is 13.1 Å². The number of hydrogen-bond donors (Lipinski definition) is 2. The fourth-order valence-electron chi connectivity index (χ4n) is 2.25. The van der Waals surface area contributed by atoms with Crippen LogP contribution in [0.5, 0.6) is 0 Å². The minimum Gasteiger partial charge on any atom is -0.365 e. The highest BCUT2D eigenvalue weighted by molar-refractivity contribution is 5.92. The van der Waals surface area contributed by atoms with Gasteiger partial charge in [-0.1, -0.05) is 30.3 Å². The molecule has 1 amide bonds. The van der Waals surface area contributed by atoms with E-state index in [1.807, 2.05) is 0 Å². The molecule has 2 aromatic carbocycles. The van der Waals surface area contributed by atoms with Crippen LogP contribution in [0.15, 0.2) is 60.7 Å². The maximum Gasteiger partial charge on any atom is 0.272 e. The normalized spacial score (nSPS) is 10.4. The molecule has 1 aromatic heterocycles. The van der Waals surface area contributed by atoms with E-state index < -0.39 is 5.91 Å².